The van der Waals surface area contributed by atoms with Gasteiger partial charge in [0.15, 0.2) is 0 Å². The van der Waals surface area contributed by atoms with Crippen LogP contribution in [0.3, 0.4) is 0 Å². The second-order valence-corrected chi connectivity index (χ2v) is 10.1. The quantitative estimate of drug-likeness (QED) is 0.463. The number of hydrogen-bond donors (Lipinski definition) is 2. The molecule has 0 bridgehead atoms. The van der Waals surface area contributed by atoms with Crippen LogP contribution in [0.1, 0.15) is 64.0 Å². The molecule has 0 saturated carbocycles. The van der Waals surface area contributed by atoms with Crippen molar-refractivity contribution in [3.05, 3.63) is 70.1 Å². The van der Waals surface area contributed by atoms with Crippen LogP contribution in [0, 0.1) is 0 Å². The maximum absolute atomic E-state index is 13.1. The highest BCUT2D eigenvalue weighted by Gasteiger charge is 2.36. The van der Waals surface area contributed by atoms with Crippen LogP contribution in [0.5, 0.6) is 5.75 Å². The molecular formula is C28H32N2O6. The average molecular weight is 493 g/mol. The first-order chi connectivity index (χ1) is 17.1. The second kappa shape index (κ2) is 10.0. The molecular weight excluding hydrogens is 460 g/mol. The average Bonchev–Trinajstić information content (AvgIpc) is 3.31. The topological polar surface area (TPSA) is 109 Å². The van der Waals surface area contributed by atoms with E-state index in [1.54, 1.807) is 63.2 Å². The number of rotatable bonds is 5. The van der Waals surface area contributed by atoms with Gasteiger partial charge in [-0.1, -0.05) is 31.2 Å². The molecule has 36 heavy (non-hydrogen) atoms. The second-order valence-electron chi connectivity index (χ2n) is 10.1. The summed E-state index contributed by atoms with van der Waals surface area (Å²) in [6.07, 6.45) is 1.29. The van der Waals surface area contributed by atoms with Crippen molar-refractivity contribution in [2.75, 3.05) is 11.9 Å². The van der Waals surface area contributed by atoms with Crippen molar-refractivity contribution in [1.29, 1.82) is 0 Å². The van der Waals surface area contributed by atoms with Crippen molar-refractivity contribution in [3.63, 3.8) is 0 Å². The van der Waals surface area contributed by atoms with E-state index in [1.807, 2.05) is 13.0 Å². The predicted molar refractivity (Wildman–Crippen MR) is 137 cm³/mol. The van der Waals surface area contributed by atoms with Crippen LogP contribution in [-0.2, 0) is 9.53 Å². The van der Waals surface area contributed by atoms with Crippen LogP contribution >= 0.6 is 0 Å². The number of nitrogens with zero attached hydrogens (tertiary/aromatic N) is 1. The van der Waals surface area contributed by atoms with Crippen molar-refractivity contribution in [1.82, 2.24) is 4.90 Å². The number of fused-ring (bicyclic) bond motifs is 1. The highest BCUT2D eigenvalue weighted by Crippen LogP contribution is 2.36. The Morgan fingerprint density at radius 3 is 2.67 bits per heavy atom. The number of hydrogen-bond acceptors (Lipinski definition) is 6. The minimum atomic E-state index is -0.648. The van der Waals surface area contributed by atoms with E-state index in [0.717, 1.165) is 5.56 Å². The summed E-state index contributed by atoms with van der Waals surface area (Å²) in [5.74, 6) is -0.828. The smallest absolute Gasteiger partial charge is 0.410 e. The lowest BCUT2D eigenvalue weighted by atomic mass is 9.88. The first-order valence-electron chi connectivity index (χ1n) is 12.2. The molecule has 190 valence electrons. The summed E-state index contributed by atoms with van der Waals surface area (Å²) in [5.41, 5.74) is 0.564. The summed E-state index contributed by atoms with van der Waals surface area (Å²) in [5, 5.41) is 14.3. The lowest BCUT2D eigenvalue weighted by Gasteiger charge is -2.28. The number of anilines is 1. The van der Waals surface area contributed by atoms with Gasteiger partial charge in [-0.2, -0.15) is 0 Å². The van der Waals surface area contributed by atoms with Crippen molar-refractivity contribution in [2.24, 2.45) is 0 Å². The Hall–Kier alpha value is -3.81. The summed E-state index contributed by atoms with van der Waals surface area (Å²) in [6, 6.07) is 13.4. The number of amides is 2. The molecule has 1 aliphatic heterocycles. The summed E-state index contributed by atoms with van der Waals surface area (Å²) >= 11 is 0. The lowest BCUT2D eigenvalue weighted by molar-refractivity contribution is -0.120. The Morgan fingerprint density at radius 2 is 1.94 bits per heavy atom. The normalized spacial score (nSPS) is 16.7. The van der Waals surface area contributed by atoms with Gasteiger partial charge in [0.1, 0.15) is 23.0 Å². The standard InChI is InChI=1S/C28H32N2O6/c1-5-19(23-24(31)20-12-6-7-14-22(20)35-26(23)33)17-10-8-11-18(16-17)29-25(32)21-13-9-15-30(21)27(34)36-28(2,3)4/h6-8,10-12,14,16,19,21,31H,5,9,13,15H2,1-4H3,(H,29,32)/t19?,21-/m0/s1. The third-order valence-electron chi connectivity index (χ3n) is 6.32. The lowest BCUT2D eigenvalue weighted by Crippen LogP contribution is -2.45. The fraction of sp³-hybridized carbons (Fsp3) is 0.393. The summed E-state index contributed by atoms with van der Waals surface area (Å²) in [7, 11) is 0. The number of carbonyl (C=O) groups is 2. The molecule has 8 nitrogen and oxygen atoms in total. The minimum Gasteiger partial charge on any atom is -0.507 e. The molecule has 8 heteroatoms. The third kappa shape index (κ3) is 5.22. The maximum atomic E-state index is 13.1. The Balaban J connectivity index is 1.58. The molecule has 1 aliphatic rings. The van der Waals surface area contributed by atoms with E-state index in [4.69, 9.17) is 9.15 Å². The number of nitrogens with one attached hydrogen (secondary N) is 1. The zero-order valence-corrected chi connectivity index (χ0v) is 21.0. The number of ether oxygens (including phenoxy) is 1. The molecule has 3 aromatic rings. The van der Waals surface area contributed by atoms with Gasteiger partial charge in [-0.05, 0) is 69.9 Å². The van der Waals surface area contributed by atoms with Gasteiger partial charge in [-0.3, -0.25) is 9.69 Å². The molecule has 1 unspecified atom stereocenters. The molecule has 0 aliphatic carbocycles. The molecule has 2 atom stereocenters. The molecule has 0 spiro atoms. The van der Waals surface area contributed by atoms with Gasteiger partial charge in [0.2, 0.25) is 5.91 Å². The first-order valence-corrected chi connectivity index (χ1v) is 12.2. The van der Waals surface area contributed by atoms with Crippen molar-refractivity contribution >= 4 is 28.7 Å². The zero-order chi connectivity index (χ0) is 26.0. The van der Waals surface area contributed by atoms with Crippen LogP contribution in [0.4, 0.5) is 10.5 Å². The number of benzene rings is 2. The van der Waals surface area contributed by atoms with Crippen LogP contribution < -0.4 is 10.9 Å². The Morgan fingerprint density at radius 1 is 1.19 bits per heavy atom. The summed E-state index contributed by atoms with van der Waals surface area (Å²) < 4.78 is 10.9. The van der Waals surface area contributed by atoms with Crippen molar-refractivity contribution < 1.29 is 23.8 Å². The van der Waals surface area contributed by atoms with Gasteiger partial charge in [-0.15, -0.1) is 0 Å². The molecule has 1 saturated heterocycles. The molecule has 2 amide bonds. The number of likely N-dealkylation sites (tertiary alicyclic amines) is 1. The van der Waals surface area contributed by atoms with Gasteiger partial charge >= 0.3 is 11.7 Å². The van der Waals surface area contributed by atoms with Crippen molar-refractivity contribution in [3.8, 4) is 5.75 Å². The van der Waals surface area contributed by atoms with E-state index in [2.05, 4.69) is 5.32 Å². The minimum absolute atomic E-state index is 0.0953. The Labute approximate surface area is 209 Å². The fourth-order valence-corrected chi connectivity index (χ4v) is 4.70. The molecule has 0 radical (unpaired) electrons. The van der Waals surface area contributed by atoms with Gasteiger partial charge < -0.3 is 19.6 Å². The van der Waals surface area contributed by atoms with E-state index in [0.29, 0.717) is 42.5 Å². The van der Waals surface area contributed by atoms with Gasteiger partial charge in [-0.25, -0.2) is 9.59 Å². The van der Waals surface area contributed by atoms with Gasteiger partial charge in [0.05, 0.1) is 10.9 Å². The molecule has 1 fully saturated rings. The van der Waals surface area contributed by atoms with E-state index in [-0.39, 0.29) is 17.2 Å². The number of aromatic hydroxyl groups is 1. The highest BCUT2D eigenvalue weighted by molar-refractivity contribution is 5.97. The van der Waals surface area contributed by atoms with E-state index < -0.39 is 29.3 Å². The van der Waals surface area contributed by atoms with Crippen LogP contribution in [0.25, 0.3) is 11.0 Å². The van der Waals surface area contributed by atoms with Crippen LogP contribution in [0.2, 0.25) is 0 Å². The summed E-state index contributed by atoms with van der Waals surface area (Å²) in [6.45, 7) is 7.75. The van der Waals surface area contributed by atoms with Crippen LogP contribution in [0.15, 0.2) is 57.7 Å². The zero-order valence-electron chi connectivity index (χ0n) is 21.0. The SMILES string of the molecule is CCC(c1cccc(NC(=O)[C@@H]2CCCN2C(=O)OC(C)(C)C)c1)c1c(O)c2ccccc2oc1=O. The summed E-state index contributed by atoms with van der Waals surface area (Å²) in [4.78, 5) is 40.0. The molecule has 2 N–H and O–H groups in total. The Bertz CT molecular complexity index is 1340. The van der Waals surface area contributed by atoms with Gasteiger partial charge in [0, 0.05) is 18.2 Å². The van der Waals surface area contributed by atoms with E-state index in [9.17, 15) is 19.5 Å². The third-order valence-corrected chi connectivity index (χ3v) is 6.32. The number of carbonyl (C=O) groups excluding carboxylic acids is 2. The van der Waals surface area contributed by atoms with E-state index in [1.165, 1.54) is 4.90 Å². The number of para-hydroxylation sites is 1. The molecule has 1 aromatic heterocycles. The maximum Gasteiger partial charge on any atom is 0.410 e. The molecule has 2 aromatic carbocycles. The van der Waals surface area contributed by atoms with Crippen molar-refractivity contribution in [2.45, 2.75) is 64.5 Å². The fourth-order valence-electron chi connectivity index (χ4n) is 4.70. The molecule has 2 heterocycles. The first kappa shape index (κ1) is 25.3. The van der Waals surface area contributed by atoms with Crippen LogP contribution in [-0.4, -0.2) is 40.2 Å². The highest BCUT2D eigenvalue weighted by atomic mass is 16.6. The van der Waals surface area contributed by atoms with E-state index >= 15 is 0 Å². The predicted octanol–water partition coefficient (Wildman–Crippen LogP) is 5.38. The largest absolute Gasteiger partial charge is 0.507 e. The monoisotopic (exact) mass is 492 g/mol. The van der Waals surface area contributed by atoms with Gasteiger partial charge in [0.25, 0.3) is 0 Å². The Kier molecular flexibility index (Phi) is 7.06. The molecule has 4 rings (SSSR count).